The van der Waals surface area contributed by atoms with Gasteiger partial charge in [-0.1, -0.05) is 12.1 Å². The summed E-state index contributed by atoms with van der Waals surface area (Å²) in [5.74, 6) is -0.596. The molecule has 0 saturated heterocycles. The fourth-order valence-electron chi connectivity index (χ4n) is 0.958. The van der Waals surface area contributed by atoms with Gasteiger partial charge in [0.15, 0.2) is 11.6 Å². The van der Waals surface area contributed by atoms with E-state index in [-0.39, 0.29) is 12.4 Å². The minimum Gasteiger partial charge on any atom is -0.421 e. The second-order valence-electron chi connectivity index (χ2n) is 2.71. The largest absolute Gasteiger partial charge is 0.421 e. The van der Waals surface area contributed by atoms with Crippen LogP contribution in [0, 0.1) is 5.82 Å². The summed E-state index contributed by atoms with van der Waals surface area (Å²) in [5.41, 5.74) is 0. The fourth-order valence-corrected chi connectivity index (χ4v) is 1.99. The fraction of sp³-hybridized carbons (Fsp3) is 0.333. The molecule has 1 aromatic carbocycles. The molecule has 0 spiro atoms. The number of para-hydroxylation sites is 1. The Hall–Kier alpha value is -0.860. The first-order valence-electron chi connectivity index (χ1n) is 4.21. The average Bonchev–Trinajstić information content (AvgIpc) is 2.08. The molecule has 0 aliphatic rings. The highest BCUT2D eigenvalue weighted by molar-refractivity contribution is 7.53. The van der Waals surface area contributed by atoms with Crippen molar-refractivity contribution in [2.24, 2.45) is 0 Å². The Morgan fingerprint density at radius 1 is 1.43 bits per heavy atom. The summed E-state index contributed by atoms with van der Waals surface area (Å²) in [6.07, 6.45) is 0. The summed E-state index contributed by atoms with van der Waals surface area (Å²) < 4.78 is 34.4. The first-order chi connectivity index (χ1) is 6.55. The Kier molecular flexibility index (Phi) is 3.67. The van der Waals surface area contributed by atoms with Crippen molar-refractivity contribution in [3.05, 3.63) is 30.1 Å². The molecule has 0 heterocycles. The third kappa shape index (κ3) is 3.13. The summed E-state index contributed by atoms with van der Waals surface area (Å²) in [6.45, 7) is 3.27. The molecule has 5 heteroatoms. The van der Waals surface area contributed by atoms with E-state index in [0.717, 1.165) is 0 Å². The van der Waals surface area contributed by atoms with Crippen LogP contribution in [0.1, 0.15) is 6.92 Å². The maximum Gasteiger partial charge on any atom is 0.376 e. The van der Waals surface area contributed by atoms with Gasteiger partial charge in [0.25, 0.3) is 0 Å². The van der Waals surface area contributed by atoms with Gasteiger partial charge in [0.2, 0.25) is 0 Å². The number of rotatable bonds is 4. The van der Waals surface area contributed by atoms with E-state index in [0.29, 0.717) is 0 Å². The number of hydrogen-bond acceptors (Lipinski definition) is 3. The van der Waals surface area contributed by atoms with Crippen molar-refractivity contribution in [2.45, 2.75) is 6.92 Å². The first-order valence-corrected chi connectivity index (χ1v) is 6.20. The molecular formula is C9H12FO3P. The number of hydrogen-bond donors (Lipinski definition) is 0. The highest BCUT2D eigenvalue weighted by Gasteiger charge is 2.19. The lowest BCUT2D eigenvalue weighted by Crippen LogP contribution is -1.97. The van der Waals surface area contributed by atoms with Gasteiger partial charge in [-0.3, -0.25) is 0 Å². The molecule has 14 heavy (non-hydrogen) atoms. The van der Waals surface area contributed by atoms with E-state index in [4.69, 9.17) is 9.05 Å². The van der Waals surface area contributed by atoms with Crippen molar-refractivity contribution < 1.29 is 18.0 Å². The zero-order valence-electron chi connectivity index (χ0n) is 8.07. The first kappa shape index (κ1) is 11.2. The van der Waals surface area contributed by atoms with Gasteiger partial charge in [-0.25, -0.2) is 8.96 Å². The highest BCUT2D eigenvalue weighted by atomic mass is 31.2. The molecule has 1 rings (SSSR count). The minimum absolute atomic E-state index is 0.0493. The molecule has 0 radical (unpaired) electrons. The van der Waals surface area contributed by atoms with Crippen LogP contribution in [0.3, 0.4) is 0 Å². The van der Waals surface area contributed by atoms with E-state index in [1.807, 2.05) is 0 Å². The molecule has 0 amide bonds. The third-order valence-electron chi connectivity index (χ3n) is 1.46. The smallest absolute Gasteiger partial charge is 0.376 e. The minimum atomic E-state index is -3.18. The molecule has 1 aromatic rings. The molecule has 0 fully saturated rings. The van der Waals surface area contributed by atoms with Crippen LogP contribution in [-0.2, 0) is 9.09 Å². The maximum absolute atomic E-state index is 13.1. The van der Waals surface area contributed by atoms with E-state index in [2.05, 4.69) is 0 Å². The highest BCUT2D eigenvalue weighted by Crippen LogP contribution is 2.44. The zero-order chi connectivity index (χ0) is 10.6. The third-order valence-corrected chi connectivity index (χ3v) is 2.72. The van der Waals surface area contributed by atoms with Crippen LogP contribution < -0.4 is 4.52 Å². The van der Waals surface area contributed by atoms with Crippen LogP contribution in [0.2, 0.25) is 0 Å². The Bertz CT molecular complexity index is 354. The number of benzene rings is 1. The summed E-state index contributed by atoms with van der Waals surface area (Å²) >= 11 is 0. The molecule has 0 aromatic heterocycles. The quantitative estimate of drug-likeness (QED) is 0.728. The standard InChI is InChI=1S/C9H12FO3P/c1-3-12-14(2,11)13-9-7-5-4-6-8(9)10/h4-7H,3H2,1-2H3. The lowest BCUT2D eigenvalue weighted by atomic mass is 10.3. The van der Waals surface area contributed by atoms with Crippen LogP contribution in [-0.4, -0.2) is 13.3 Å². The average molecular weight is 218 g/mol. The summed E-state index contributed by atoms with van der Waals surface area (Å²) in [6, 6.07) is 5.78. The molecule has 1 unspecified atom stereocenters. The lowest BCUT2D eigenvalue weighted by molar-refractivity contribution is 0.281. The summed E-state index contributed by atoms with van der Waals surface area (Å²) in [7, 11) is -3.18. The lowest BCUT2D eigenvalue weighted by Gasteiger charge is -2.14. The molecule has 0 saturated carbocycles. The summed E-state index contributed by atoms with van der Waals surface area (Å²) in [4.78, 5) is 0. The van der Waals surface area contributed by atoms with Gasteiger partial charge in [-0.15, -0.1) is 0 Å². The van der Waals surface area contributed by atoms with E-state index < -0.39 is 13.4 Å². The zero-order valence-corrected chi connectivity index (χ0v) is 8.96. The normalized spacial score (nSPS) is 14.8. The molecular weight excluding hydrogens is 206 g/mol. The van der Waals surface area contributed by atoms with Gasteiger partial charge in [-0.2, -0.15) is 0 Å². The van der Waals surface area contributed by atoms with E-state index in [9.17, 15) is 8.96 Å². The monoisotopic (exact) mass is 218 g/mol. The van der Waals surface area contributed by atoms with Crippen molar-refractivity contribution in [1.82, 2.24) is 0 Å². The Morgan fingerprint density at radius 3 is 2.64 bits per heavy atom. The van der Waals surface area contributed by atoms with E-state index in [1.165, 1.54) is 24.9 Å². The van der Waals surface area contributed by atoms with Crippen LogP contribution in [0.4, 0.5) is 4.39 Å². The topological polar surface area (TPSA) is 35.5 Å². The summed E-state index contributed by atoms with van der Waals surface area (Å²) in [5, 5.41) is 0. The molecule has 78 valence electrons. The maximum atomic E-state index is 13.1. The van der Waals surface area contributed by atoms with Gasteiger partial charge in [0.05, 0.1) is 6.61 Å². The molecule has 0 bridgehead atoms. The second kappa shape index (κ2) is 4.58. The van der Waals surface area contributed by atoms with Crippen molar-refractivity contribution in [3.8, 4) is 5.75 Å². The molecule has 0 aliphatic carbocycles. The number of halogens is 1. The predicted octanol–water partition coefficient (Wildman–Crippen LogP) is 3.06. The van der Waals surface area contributed by atoms with E-state index in [1.54, 1.807) is 13.0 Å². The van der Waals surface area contributed by atoms with Crippen molar-refractivity contribution in [1.29, 1.82) is 0 Å². The molecule has 3 nitrogen and oxygen atoms in total. The van der Waals surface area contributed by atoms with Gasteiger partial charge < -0.3 is 9.05 Å². The van der Waals surface area contributed by atoms with Crippen LogP contribution in [0.15, 0.2) is 24.3 Å². The van der Waals surface area contributed by atoms with Crippen molar-refractivity contribution >= 4 is 7.60 Å². The molecule has 0 aliphatic heterocycles. The predicted molar refractivity (Wildman–Crippen MR) is 52.2 cm³/mol. The Morgan fingerprint density at radius 2 is 2.07 bits per heavy atom. The van der Waals surface area contributed by atoms with Crippen LogP contribution >= 0.6 is 7.60 Å². The van der Waals surface area contributed by atoms with E-state index >= 15 is 0 Å². The molecule has 0 N–H and O–H groups in total. The van der Waals surface area contributed by atoms with Gasteiger partial charge in [0, 0.05) is 6.66 Å². The van der Waals surface area contributed by atoms with Crippen molar-refractivity contribution in [2.75, 3.05) is 13.3 Å². The van der Waals surface area contributed by atoms with Crippen LogP contribution in [0.5, 0.6) is 5.75 Å². The van der Waals surface area contributed by atoms with Gasteiger partial charge in [0.1, 0.15) is 0 Å². The Labute approximate surface area is 82.4 Å². The van der Waals surface area contributed by atoms with Crippen LogP contribution in [0.25, 0.3) is 0 Å². The van der Waals surface area contributed by atoms with Crippen molar-refractivity contribution in [3.63, 3.8) is 0 Å². The molecule has 1 atom stereocenters. The Balaban J connectivity index is 2.78. The van der Waals surface area contributed by atoms with Gasteiger partial charge >= 0.3 is 7.60 Å². The SMILES string of the molecule is CCOP(C)(=O)Oc1ccccc1F. The second-order valence-corrected chi connectivity index (χ2v) is 4.69. The van der Waals surface area contributed by atoms with Gasteiger partial charge in [-0.05, 0) is 19.1 Å².